The fraction of sp³-hybridized carbons (Fsp3) is 0.500. The van der Waals surface area contributed by atoms with Crippen molar-refractivity contribution in [3.8, 4) is 0 Å². The Bertz CT molecular complexity index is 524. The molecule has 0 bridgehead atoms. The molecule has 0 saturated carbocycles. The van der Waals surface area contributed by atoms with Gasteiger partial charge in [0.25, 0.3) is 6.01 Å². The smallest absolute Gasteiger partial charge is 0.297 e. The summed E-state index contributed by atoms with van der Waals surface area (Å²) in [7, 11) is 2.00. The van der Waals surface area contributed by atoms with E-state index in [2.05, 4.69) is 29.1 Å². The standard InChI is InChI=1S/C16H24N4O/c1-13(2)10-18-11-15-12-21-16(19-15)20(3)9-6-14-4-7-17-8-5-14/h4-5,7-8,12-13,18H,6,9-11H2,1-3H3. The maximum absolute atomic E-state index is 5.53. The van der Waals surface area contributed by atoms with Crippen LogP contribution >= 0.6 is 0 Å². The highest BCUT2D eigenvalue weighted by atomic mass is 16.4. The minimum absolute atomic E-state index is 0.638. The second kappa shape index (κ2) is 7.78. The van der Waals surface area contributed by atoms with Crippen molar-refractivity contribution in [2.24, 2.45) is 5.92 Å². The number of nitrogens with one attached hydrogen (secondary N) is 1. The first-order valence-electron chi connectivity index (χ1n) is 7.40. The Labute approximate surface area is 126 Å². The summed E-state index contributed by atoms with van der Waals surface area (Å²) in [5, 5.41) is 3.36. The Kier molecular flexibility index (Phi) is 5.75. The Morgan fingerprint density at radius 1 is 1.29 bits per heavy atom. The zero-order chi connectivity index (χ0) is 15.1. The molecule has 0 aliphatic carbocycles. The van der Waals surface area contributed by atoms with Gasteiger partial charge in [0.05, 0.1) is 5.69 Å². The second-order valence-electron chi connectivity index (χ2n) is 5.67. The first kappa shape index (κ1) is 15.5. The van der Waals surface area contributed by atoms with Crippen LogP contribution in [-0.4, -0.2) is 30.1 Å². The monoisotopic (exact) mass is 288 g/mol. The van der Waals surface area contributed by atoms with Crippen molar-refractivity contribution in [3.05, 3.63) is 42.0 Å². The number of likely N-dealkylation sites (N-methyl/N-ethyl adjacent to an activating group) is 1. The largest absolute Gasteiger partial charge is 0.432 e. The summed E-state index contributed by atoms with van der Waals surface area (Å²) in [5.41, 5.74) is 2.21. The van der Waals surface area contributed by atoms with Crippen LogP contribution in [0.15, 0.2) is 35.2 Å². The fourth-order valence-corrected chi connectivity index (χ4v) is 1.98. The van der Waals surface area contributed by atoms with Crippen molar-refractivity contribution >= 4 is 6.01 Å². The highest BCUT2D eigenvalue weighted by molar-refractivity contribution is 5.26. The van der Waals surface area contributed by atoms with Gasteiger partial charge in [-0.15, -0.1) is 0 Å². The molecule has 2 heterocycles. The van der Waals surface area contributed by atoms with Crippen LogP contribution in [0.4, 0.5) is 6.01 Å². The van der Waals surface area contributed by atoms with E-state index in [1.54, 1.807) is 6.26 Å². The number of pyridine rings is 1. The number of anilines is 1. The summed E-state index contributed by atoms with van der Waals surface area (Å²) in [5.74, 6) is 0.638. The second-order valence-corrected chi connectivity index (χ2v) is 5.67. The average Bonchev–Trinajstić information content (AvgIpc) is 2.94. The van der Waals surface area contributed by atoms with Gasteiger partial charge >= 0.3 is 0 Å². The molecule has 0 aliphatic rings. The molecule has 0 saturated heterocycles. The van der Waals surface area contributed by atoms with Crippen LogP contribution in [0.5, 0.6) is 0 Å². The van der Waals surface area contributed by atoms with Crippen LogP contribution < -0.4 is 10.2 Å². The maximum Gasteiger partial charge on any atom is 0.297 e. The Balaban J connectivity index is 1.80. The highest BCUT2D eigenvalue weighted by Gasteiger charge is 2.09. The van der Waals surface area contributed by atoms with Gasteiger partial charge in [-0.25, -0.2) is 0 Å². The van der Waals surface area contributed by atoms with Gasteiger partial charge in [-0.2, -0.15) is 4.98 Å². The molecule has 114 valence electrons. The number of rotatable bonds is 8. The predicted octanol–water partition coefficient (Wildman–Crippen LogP) is 2.49. The van der Waals surface area contributed by atoms with Crippen molar-refractivity contribution in [1.29, 1.82) is 0 Å². The van der Waals surface area contributed by atoms with Gasteiger partial charge < -0.3 is 14.6 Å². The van der Waals surface area contributed by atoms with Crippen molar-refractivity contribution in [1.82, 2.24) is 15.3 Å². The third-order valence-electron chi connectivity index (χ3n) is 3.21. The van der Waals surface area contributed by atoms with Gasteiger partial charge in [0.2, 0.25) is 0 Å². The zero-order valence-electron chi connectivity index (χ0n) is 13.0. The zero-order valence-corrected chi connectivity index (χ0v) is 13.0. The maximum atomic E-state index is 5.53. The number of oxazole rings is 1. The van der Waals surface area contributed by atoms with E-state index >= 15 is 0 Å². The summed E-state index contributed by atoms with van der Waals surface area (Å²) in [6, 6.07) is 4.74. The highest BCUT2D eigenvalue weighted by Crippen LogP contribution is 2.12. The molecule has 5 heteroatoms. The van der Waals surface area contributed by atoms with Crippen molar-refractivity contribution in [3.63, 3.8) is 0 Å². The molecule has 0 fully saturated rings. The molecule has 0 spiro atoms. The van der Waals surface area contributed by atoms with E-state index in [1.807, 2.05) is 36.5 Å². The summed E-state index contributed by atoms with van der Waals surface area (Å²) >= 11 is 0. The van der Waals surface area contributed by atoms with E-state index in [9.17, 15) is 0 Å². The van der Waals surface area contributed by atoms with E-state index in [1.165, 1.54) is 5.56 Å². The van der Waals surface area contributed by atoms with Crippen LogP contribution in [0.25, 0.3) is 0 Å². The molecule has 0 amide bonds. The first-order chi connectivity index (χ1) is 10.1. The summed E-state index contributed by atoms with van der Waals surface area (Å²) in [4.78, 5) is 10.6. The predicted molar refractivity (Wildman–Crippen MR) is 84.3 cm³/mol. The third kappa shape index (κ3) is 5.19. The van der Waals surface area contributed by atoms with Gasteiger partial charge in [0, 0.05) is 32.5 Å². The summed E-state index contributed by atoms with van der Waals surface area (Å²) < 4.78 is 5.53. The average molecular weight is 288 g/mol. The molecule has 0 aromatic carbocycles. The molecule has 2 aromatic heterocycles. The molecule has 2 rings (SSSR count). The van der Waals surface area contributed by atoms with E-state index < -0.39 is 0 Å². The molecule has 2 aromatic rings. The minimum atomic E-state index is 0.638. The van der Waals surface area contributed by atoms with Crippen LogP contribution in [0.2, 0.25) is 0 Å². The molecule has 5 nitrogen and oxygen atoms in total. The molecule has 1 N–H and O–H groups in total. The summed E-state index contributed by atoms with van der Waals surface area (Å²) in [6.07, 6.45) is 6.31. The van der Waals surface area contributed by atoms with E-state index in [-0.39, 0.29) is 0 Å². The van der Waals surface area contributed by atoms with Gasteiger partial charge in [-0.3, -0.25) is 4.98 Å². The van der Waals surface area contributed by atoms with Crippen LogP contribution in [0.3, 0.4) is 0 Å². The van der Waals surface area contributed by atoms with Crippen molar-refractivity contribution < 1.29 is 4.42 Å². The molecular weight excluding hydrogens is 264 g/mol. The van der Waals surface area contributed by atoms with Gasteiger partial charge in [0.1, 0.15) is 6.26 Å². The van der Waals surface area contributed by atoms with Gasteiger partial charge in [0.15, 0.2) is 0 Å². The van der Waals surface area contributed by atoms with Crippen molar-refractivity contribution in [2.75, 3.05) is 25.0 Å². The van der Waals surface area contributed by atoms with Crippen LogP contribution in [0, 0.1) is 5.92 Å². The normalized spacial score (nSPS) is 11.0. The quantitative estimate of drug-likeness (QED) is 0.809. The van der Waals surface area contributed by atoms with Crippen LogP contribution in [-0.2, 0) is 13.0 Å². The van der Waals surface area contributed by atoms with Crippen molar-refractivity contribution in [2.45, 2.75) is 26.8 Å². The molecule has 0 radical (unpaired) electrons. The molecule has 0 atom stereocenters. The summed E-state index contributed by atoms with van der Waals surface area (Å²) in [6.45, 7) is 6.98. The lowest BCUT2D eigenvalue weighted by atomic mass is 10.2. The molecule has 21 heavy (non-hydrogen) atoms. The lowest BCUT2D eigenvalue weighted by Crippen LogP contribution is -2.21. The SMILES string of the molecule is CC(C)CNCc1coc(N(C)CCc2ccncc2)n1. The lowest BCUT2D eigenvalue weighted by Gasteiger charge is -2.13. The van der Waals surface area contributed by atoms with Gasteiger partial charge in [-0.1, -0.05) is 13.8 Å². The molecular formula is C16H24N4O. The number of hydrogen-bond donors (Lipinski definition) is 1. The Hall–Kier alpha value is -1.88. The third-order valence-corrected chi connectivity index (χ3v) is 3.21. The number of nitrogens with zero attached hydrogens (tertiary/aromatic N) is 3. The fourth-order valence-electron chi connectivity index (χ4n) is 1.98. The number of aromatic nitrogens is 2. The lowest BCUT2D eigenvalue weighted by molar-refractivity contribution is 0.535. The Morgan fingerprint density at radius 3 is 2.76 bits per heavy atom. The van der Waals surface area contributed by atoms with Gasteiger partial charge in [-0.05, 0) is 36.6 Å². The number of hydrogen-bond acceptors (Lipinski definition) is 5. The Morgan fingerprint density at radius 2 is 2.05 bits per heavy atom. The van der Waals surface area contributed by atoms with E-state index in [0.717, 1.165) is 31.7 Å². The van der Waals surface area contributed by atoms with Crippen LogP contribution in [0.1, 0.15) is 25.1 Å². The molecule has 0 aliphatic heterocycles. The topological polar surface area (TPSA) is 54.2 Å². The first-order valence-corrected chi connectivity index (χ1v) is 7.40. The van der Waals surface area contributed by atoms with E-state index in [4.69, 9.17) is 4.42 Å². The van der Waals surface area contributed by atoms with E-state index in [0.29, 0.717) is 11.9 Å². The molecule has 0 unspecified atom stereocenters. The minimum Gasteiger partial charge on any atom is -0.432 e.